The molecule has 0 bridgehead atoms. The summed E-state index contributed by atoms with van der Waals surface area (Å²) < 4.78 is 41.4. The topological polar surface area (TPSA) is 73.3 Å². The van der Waals surface area contributed by atoms with Crippen LogP contribution in [0.3, 0.4) is 0 Å². The number of fused-ring (bicyclic) bond motifs is 3. The minimum atomic E-state index is -4.35. The molecule has 10 heteroatoms. The van der Waals surface area contributed by atoms with Crippen molar-refractivity contribution >= 4 is 22.6 Å². The first-order valence-electron chi connectivity index (χ1n) is 13.0. The third-order valence-electron chi connectivity index (χ3n) is 7.65. The molecule has 0 aliphatic carbocycles. The molecule has 198 valence electrons. The van der Waals surface area contributed by atoms with Gasteiger partial charge in [0.05, 0.1) is 11.1 Å². The number of halogens is 3. The van der Waals surface area contributed by atoms with Gasteiger partial charge in [0.15, 0.2) is 5.82 Å². The van der Waals surface area contributed by atoms with Crippen molar-refractivity contribution < 1.29 is 13.2 Å². The molecule has 3 aromatic heterocycles. The molecule has 1 saturated heterocycles. The maximum atomic E-state index is 13.2. The van der Waals surface area contributed by atoms with Gasteiger partial charge in [-0.1, -0.05) is 32.9 Å². The van der Waals surface area contributed by atoms with Crippen LogP contribution in [0.15, 0.2) is 48.8 Å². The van der Waals surface area contributed by atoms with Gasteiger partial charge in [-0.25, -0.2) is 9.97 Å². The van der Waals surface area contributed by atoms with E-state index in [1.54, 1.807) is 24.4 Å². The minimum absolute atomic E-state index is 0.00114. The fourth-order valence-electron chi connectivity index (χ4n) is 5.67. The number of nitriles is 1. The number of rotatable bonds is 6. The van der Waals surface area contributed by atoms with Gasteiger partial charge in [-0.2, -0.15) is 23.4 Å². The van der Waals surface area contributed by atoms with E-state index in [4.69, 9.17) is 4.98 Å². The van der Waals surface area contributed by atoms with E-state index in [0.29, 0.717) is 29.4 Å². The number of anilines is 1. The van der Waals surface area contributed by atoms with Crippen molar-refractivity contribution in [3.8, 4) is 6.07 Å². The van der Waals surface area contributed by atoms with Crippen molar-refractivity contribution in [2.24, 2.45) is 0 Å². The molecule has 0 N–H and O–H groups in total. The van der Waals surface area contributed by atoms with Crippen molar-refractivity contribution in [2.45, 2.75) is 64.3 Å². The Balaban J connectivity index is 1.53. The van der Waals surface area contributed by atoms with Gasteiger partial charge in [0.2, 0.25) is 5.78 Å². The monoisotopic (exact) mass is 521 g/mol. The number of aromatic nitrogens is 4. The molecule has 0 spiro atoms. The molecule has 0 amide bonds. The van der Waals surface area contributed by atoms with Crippen molar-refractivity contribution in [2.75, 3.05) is 18.0 Å². The lowest BCUT2D eigenvalue weighted by Gasteiger charge is -2.49. The third kappa shape index (κ3) is 4.56. The SMILES string of the molecule is CCC(c1ccc(C(F)(F)F)cc1)N1C[C@H](CC)N(c2nc3nccn3c3ccc(C#N)nc23)C[C@H]1CC. The molecule has 1 aromatic carbocycles. The van der Waals surface area contributed by atoms with Crippen molar-refractivity contribution in [1.82, 2.24) is 24.3 Å². The lowest BCUT2D eigenvalue weighted by molar-refractivity contribution is -0.137. The quantitative estimate of drug-likeness (QED) is 0.310. The molecule has 7 nitrogen and oxygen atoms in total. The Labute approximate surface area is 219 Å². The summed E-state index contributed by atoms with van der Waals surface area (Å²) in [5.74, 6) is 1.28. The van der Waals surface area contributed by atoms with Crippen LogP contribution >= 0.6 is 0 Å². The van der Waals surface area contributed by atoms with Gasteiger partial charge in [-0.05, 0) is 49.1 Å². The van der Waals surface area contributed by atoms with Crippen LogP contribution in [0.5, 0.6) is 0 Å². The average Bonchev–Trinajstić information content (AvgIpc) is 3.41. The lowest BCUT2D eigenvalue weighted by Crippen LogP contribution is -2.59. The largest absolute Gasteiger partial charge is 0.416 e. The van der Waals surface area contributed by atoms with E-state index >= 15 is 0 Å². The Morgan fingerprint density at radius 3 is 2.37 bits per heavy atom. The van der Waals surface area contributed by atoms with Gasteiger partial charge < -0.3 is 4.90 Å². The highest BCUT2D eigenvalue weighted by Gasteiger charge is 2.38. The molecule has 3 atom stereocenters. The first-order valence-corrected chi connectivity index (χ1v) is 13.0. The highest BCUT2D eigenvalue weighted by atomic mass is 19.4. The summed E-state index contributed by atoms with van der Waals surface area (Å²) in [5, 5.41) is 9.51. The zero-order chi connectivity index (χ0) is 27.0. The van der Waals surface area contributed by atoms with Crippen LogP contribution in [-0.4, -0.2) is 49.4 Å². The fourth-order valence-corrected chi connectivity index (χ4v) is 5.67. The molecule has 0 radical (unpaired) electrons. The van der Waals surface area contributed by atoms with Crippen LogP contribution in [0.4, 0.5) is 19.0 Å². The van der Waals surface area contributed by atoms with E-state index in [9.17, 15) is 18.4 Å². The van der Waals surface area contributed by atoms with Gasteiger partial charge in [0.1, 0.15) is 17.3 Å². The smallest absolute Gasteiger partial charge is 0.349 e. The van der Waals surface area contributed by atoms with Crippen LogP contribution in [0.25, 0.3) is 16.8 Å². The normalized spacial score (nSPS) is 19.7. The molecule has 5 rings (SSSR count). The van der Waals surface area contributed by atoms with Crippen molar-refractivity contribution in [3.05, 3.63) is 65.6 Å². The Kier molecular flexibility index (Phi) is 6.97. The van der Waals surface area contributed by atoms with Crippen molar-refractivity contribution in [1.29, 1.82) is 5.26 Å². The van der Waals surface area contributed by atoms with Crippen LogP contribution in [0, 0.1) is 11.3 Å². The fraction of sp³-hybridized carbons (Fsp3) is 0.429. The summed E-state index contributed by atoms with van der Waals surface area (Å²) >= 11 is 0. The number of hydrogen-bond donors (Lipinski definition) is 0. The van der Waals surface area contributed by atoms with Gasteiger partial charge in [0, 0.05) is 43.6 Å². The summed E-state index contributed by atoms with van der Waals surface area (Å²) in [4.78, 5) is 18.7. The predicted molar refractivity (Wildman–Crippen MR) is 140 cm³/mol. The van der Waals surface area contributed by atoms with Crippen LogP contribution in [-0.2, 0) is 6.18 Å². The van der Waals surface area contributed by atoms with E-state index in [1.807, 2.05) is 16.7 Å². The standard InChI is InChI=1S/C28H30F3N7/c1-4-21-17-38(26-25-24(12-11-20(15-32)34-25)36-14-13-33-27(36)35-26)22(5-2)16-37(21)23(6-3)18-7-9-19(10-8-18)28(29,30)31/h7-14,21-23H,4-6,16-17H2,1-3H3/t21-,22+,23?/m1/s1. The zero-order valence-corrected chi connectivity index (χ0v) is 21.7. The first-order chi connectivity index (χ1) is 18.3. The van der Waals surface area contributed by atoms with Gasteiger partial charge in [0.25, 0.3) is 0 Å². The summed E-state index contributed by atoms with van der Waals surface area (Å²) in [6.07, 6.45) is 1.68. The summed E-state index contributed by atoms with van der Waals surface area (Å²) in [6, 6.07) is 11.6. The lowest BCUT2D eigenvalue weighted by atomic mass is 9.94. The molecular formula is C28H30F3N7. The Morgan fingerprint density at radius 2 is 1.74 bits per heavy atom. The second kappa shape index (κ2) is 10.2. The molecule has 1 unspecified atom stereocenters. The molecule has 4 aromatic rings. The third-order valence-corrected chi connectivity index (χ3v) is 7.65. The van der Waals surface area contributed by atoms with Crippen LogP contribution < -0.4 is 4.90 Å². The molecule has 1 aliphatic heterocycles. The Morgan fingerprint density at radius 1 is 1.00 bits per heavy atom. The number of alkyl halides is 3. The highest BCUT2D eigenvalue weighted by Crippen LogP contribution is 2.37. The second-order valence-electron chi connectivity index (χ2n) is 9.73. The second-order valence-corrected chi connectivity index (χ2v) is 9.73. The van der Waals surface area contributed by atoms with Crippen LogP contribution in [0.2, 0.25) is 0 Å². The number of pyridine rings is 1. The minimum Gasteiger partial charge on any atom is -0.349 e. The predicted octanol–water partition coefficient (Wildman–Crippen LogP) is 6.00. The van der Waals surface area contributed by atoms with E-state index in [-0.39, 0.29) is 18.1 Å². The molecule has 0 saturated carbocycles. The summed E-state index contributed by atoms with van der Waals surface area (Å²) in [6.45, 7) is 7.76. The van der Waals surface area contributed by atoms with E-state index in [0.717, 1.165) is 36.9 Å². The van der Waals surface area contributed by atoms with Gasteiger partial charge >= 0.3 is 6.18 Å². The summed E-state index contributed by atoms with van der Waals surface area (Å²) in [7, 11) is 0. The van der Waals surface area contributed by atoms with Gasteiger partial charge in [-0.15, -0.1) is 0 Å². The number of benzene rings is 1. The maximum Gasteiger partial charge on any atom is 0.416 e. The number of imidazole rings is 1. The van der Waals surface area contributed by atoms with Crippen molar-refractivity contribution in [3.63, 3.8) is 0 Å². The first kappa shape index (κ1) is 25.9. The summed E-state index contributed by atoms with van der Waals surface area (Å²) in [5.41, 5.74) is 2.09. The van der Waals surface area contributed by atoms with Gasteiger partial charge in [-0.3, -0.25) is 9.30 Å². The Hall–Kier alpha value is -3.71. The molecule has 38 heavy (non-hydrogen) atoms. The van der Waals surface area contributed by atoms with E-state index in [2.05, 4.69) is 46.6 Å². The molecule has 1 fully saturated rings. The van der Waals surface area contributed by atoms with Crippen LogP contribution in [0.1, 0.15) is 62.9 Å². The molecular weight excluding hydrogens is 491 g/mol. The Bertz CT molecular complexity index is 1470. The number of hydrogen-bond acceptors (Lipinski definition) is 6. The highest BCUT2D eigenvalue weighted by molar-refractivity contribution is 5.88. The number of piperazine rings is 1. The van der Waals surface area contributed by atoms with E-state index in [1.165, 1.54) is 12.1 Å². The number of nitrogens with zero attached hydrogens (tertiary/aromatic N) is 7. The zero-order valence-electron chi connectivity index (χ0n) is 21.7. The average molecular weight is 522 g/mol. The molecule has 1 aliphatic rings. The van der Waals surface area contributed by atoms with E-state index < -0.39 is 11.7 Å². The molecule has 4 heterocycles. The maximum absolute atomic E-state index is 13.2.